The number of hydrogen-bond acceptors (Lipinski definition) is 1. The van der Waals surface area contributed by atoms with E-state index in [4.69, 9.17) is 4.74 Å². The summed E-state index contributed by atoms with van der Waals surface area (Å²) >= 11 is 3.52. The van der Waals surface area contributed by atoms with E-state index in [0.29, 0.717) is 0 Å². The van der Waals surface area contributed by atoms with E-state index in [1.54, 1.807) is 7.11 Å². The van der Waals surface area contributed by atoms with Crippen LogP contribution in [0.4, 0.5) is 0 Å². The zero-order chi connectivity index (χ0) is 11.4. The third kappa shape index (κ3) is 2.98. The molecule has 0 amide bonds. The second-order valence-corrected chi connectivity index (χ2v) is 5.31. The Bertz CT molecular complexity index is 348. The Kier molecular flexibility index (Phi) is 4.24. The lowest BCUT2D eigenvalue weighted by Crippen LogP contribution is -2.87. The number of quaternary nitrogens is 1. The van der Waals surface area contributed by atoms with Crippen LogP contribution in [0.1, 0.15) is 31.2 Å². The topological polar surface area (TPSA) is 25.8 Å². The first-order valence-corrected chi connectivity index (χ1v) is 6.74. The molecule has 0 aromatic heterocycles. The molecule has 2 nitrogen and oxygen atoms in total. The maximum atomic E-state index is 5.22. The minimum atomic E-state index is 0.848. The third-order valence-electron chi connectivity index (χ3n) is 3.30. The van der Waals surface area contributed by atoms with Crippen LogP contribution in [0.25, 0.3) is 0 Å². The van der Waals surface area contributed by atoms with Crippen LogP contribution in [0, 0.1) is 0 Å². The molecule has 1 aromatic rings. The third-order valence-corrected chi connectivity index (χ3v) is 3.92. The molecule has 0 heterocycles. The summed E-state index contributed by atoms with van der Waals surface area (Å²) in [6.45, 7) is 1.08. The van der Waals surface area contributed by atoms with Gasteiger partial charge in [-0.3, -0.25) is 0 Å². The minimum absolute atomic E-state index is 0.848. The van der Waals surface area contributed by atoms with Gasteiger partial charge in [0, 0.05) is 5.56 Å². The Morgan fingerprint density at radius 2 is 2.12 bits per heavy atom. The molecule has 1 aliphatic rings. The Hall–Kier alpha value is -0.540. The molecule has 0 aliphatic heterocycles. The zero-order valence-corrected chi connectivity index (χ0v) is 11.3. The van der Waals surface area contributed by atoms with E-state index in [1.165, 1.54) is 31.2 Å². The quantitative estimate of drug-likeness (QED) is 0.903. The van der Waals surface area contributed by atoms with Gasteiger partial charge in [-0.25, -0.2) is 0 Å². The molecule has 0 bridgehead atoms. The van der Waals surface area contributed by atoms with Gasteiger partial charge in [-0.1, -0.05) is 0 Å². The van der Waals surface area contributed by atoms with Crippen molar-refractivity contribution in [1.82, 2.24) is 0 Å². The number of halogens is 1. The molecule has 16 heavy (non-hydrogen) atoms. The van der Waals surface area contributed by atoms with Gasteiger partial charge < -0.3 is 10.1 Å². The number of benzene rings is 1. The van der Waals surface area contributed by atoms with Crippen molar-refractivity contribution in [3.8, 4) is 5.75 Å². The summed E-state index contributed by atoms with van der Waals surface area (Å²) in [7, 11) is 1.70. The van der Waals surface area contributed by atoms with Gasteiger partial charge in [-0.15, -0.1) is 0 Å². The summed E-state index contributed by atoms with van der Waals surface area (Å²) in [6.07, 6.45) is 5.59. The summed E-state index contributed by atoms with van der Waals surface area (Å²) < 4.78 is 6.27. The lowest BCUT2D eigenvalue weighted by Gasteiger charge is -2.09. The average molecular weight is 285 g/mol. The highest BCUT2D eigenvalue weighted by Crippen LogP contribution is 2.25. The lowest BCUT2D eigenvalue weighted by molar-refractivity contribution is -0.703. The van der Waals surface area contributed by atoms with Gasteiger partial charge in [0.15, 0.2) is 0 Å². The number of rotatable bonds is 4. The van der Waals surface area contributed by atoms with Gasteiger partial charge in [-0.2, -0.15) is 0 Å². The molecule has 1 fully saturated rings. The summed E-state index contributed by atoms with van der Waals surface area (Å²) in [5, 5.41) is 2.47. The fraction of sp³-hybridized carbons (Fsp3) is 0.538. The highest BCUT2D eigenvalue weighted by Gasteiger charge is 2.17. The molecule has 0 unspecified atom stereocenters. The second-order valence-electron chi connectivity index (χ2n) is 4.45. The van der Waals surface area contributed by atoms with E-state index in [0.717, 1.165) is 22.8 Å². The predicted molar refractivity (Wildman–Crippen MR) is 68.6 cm³/mol. The molecule has 3 heteroatoms. The van der Waals surface area contributed by atoms with Crippen molar-refractivity contribution in [2.75, 3.05) is 7.11 Å². The van der Waals surface area contributed by atoms with E-state index >= 15 is 0 Å². The first-order chi connectivity index (χ1) is 7.79. The van der Waals surface area contributed by atoms with Gasteiger partial charge in [0.05, 0.1) is 17.6 Å². The van der Waals surface area contributed by atoms with E-state index < -0.39 is 0 Å². The molecule has 0 atom stereocenters. The maximum absolute atomic E-state index is 5.22. The minimum Gasteiger partial charge on any atom is -0.496 e. The molecule has 1 aromatic carbocycles. The molecule has 1 aliphatic carbocycles. The van der Waals surface area contributed by atoms with E-state index in [9.17, 15) is 0 Å². The molecule has 88 valence electrons. The molecule has 1 saturated carbocycles. The van der Waals surface area contributed by atoms with Crippen molar-refractivity contribution in [2.24, 2.45) is 0 Å². The molecular weight excluding hydrogens is 266 g/mol. The maximum Gasteiger partial charge on any atom is 0.133 e. The Morgan fingerprint density at radius 3 is 2.75 bits per heavy atom. The van der Waals surface area contributed by atoms with Crippen LogP contribution >= 0.6 is 15.9 Å². The Morgan fingerprint density at radius 1 is 1.38 bits per heavy atom. The monoisotopic (exact) mass is 284 g/mol. The zero-order valence-electron chi connectivity index (χ0n) is 9.71. The number of ether oxygens (including phenoxy) is 1. The second kappa shape index (κ2) is 5.69. The summed E-state index contributed by atoms with van der Waals surface area (Å²) in [5.41, 5.74) is 1.36. The average Bonchev–Trinajstić information content (AvgIpc) is 2.79. The largest absolute Gasteiger partial charge is 0.496 e. The summed E-state index contributed by atoms with van der Waals surface area (Å²) in [4.78, 5) is 0. The van der Waals surface area contributed by atoms with Gasteiger partial charge in [0.2, 0.25) is 0 Å². The Labute approximate surface area is 106 Å². The standard InChI is InChI=1S/C13H18BrNO/c1-16-13-7-6-10(8-12(13)14)9-15-11-4-2-3-5-11/h6-8,11,15H,2-5,9H2,1H3/p+1. The fourth-order valence-electron chi connectivity index (χ4n) is 2.33. The van der Waals surface area contributed by atoms with Crippen LogP contribution in [0.15, 0.2) is 22.7 Å². The summed E-state index contributed by atoms with van der Waals surface area (Å²) in [6, 6.07) is 7.18. The molecule has 0 radical (unpaired) electrons. The molecule has 0 saturated heterocycles. The summed E-state index contributed by atoms with van der Waals surface area (Å²) in [5.74, 6) is 0.907. The Balaban J connectivity index is 1.91. The van der Waals surface area contributed by atoms with Gasteiger partial charge in [0.1, 0.15) is 12.3 Å². The van der Waals surface area contributed by atoms with Crippen molar-refractivity contribution in [3.63, 3.8) is 0 Å². The lowest BCUT2D eigenvalue weighted by atomic mass is 10.2. The molecular formula is C13H19BrNO+. The van der Waals surface area contributed by atoms with Crippen molar-refractivity contribution >= 4 is 15.9 Å². The number of hydrogen-bond donors (Lipinski definition) is 1. The molecule has 2 N–H and O–H groups in total. The highest BCUT2D eigenvalue weighted by atomic mass is 79.9. The van der Waals surface area contributed by atoms with Gasteiger partial charge in [0.25, 0.3) is 0 Å². The SMILES string of the molecule is COc1ccc(C[NH2+]C2CCCC2)cc1Br. The van der Waals surface area contributed by atoms with Gasteiger partial charge in [-0.05, 0) is 59.8 Å². The van der Waals surface area contributed by atoms with Crippen molar-refractivity contribution in [2.45, 2.75) is 38.3 Å². The molecule has 2 rings (SSSR count). The van der Waals surface area contributed by atoms with Crippen molar-refractivity contribution in [1.29, 1.82) is 0 Å². The normalized spacial score (nSPS) is 16.6. The molecule has 0 spiro atoms. The first kappa shape index (κ1) is 11.9. The predicted octanol–water partition coefficient (Wildman–Crippen LogP) is 2.46. The van der Waals surface area contributed by atoms with Crippen LogP contribution in [-0.4, -0.2) is 13.2 Å². The van der Waals surface area contributed by atoms with E-state index in [-0.39, 0.29) is 0 Å². The van der Waals surface area contributed by atoms with E-state index in [1.807, 2.05) is 6.07 Å². The smallest absolute Gasteiger partial charge is 0.133 e. The van der Waals surface area contributed by atoms with Crippen molar-refractivity contribution < 1.29 is 10.1 Å². The highest BCUT2D eigenvalue weighted by molar-refractivity contribution is 9.10. The fourth-order valence-corrected chi connectivity index (χ4v) is 2.92. The van der Waals surface area contributed by atoms with Crippen molar-refractivity contribution in [3.05, 3.63) is 28.2 Å². The number of methoxy groups -OCH3 is 1. The first-order valence-electron chi connectivity index (χ1n) is 5.95. The van der Waals surface area contributed by atoms with Crippen LogP contribution in [-0.2, 0) is 6.54 Å². The number of nitrogens with two attached hydrogens (primary N) is 1. The van der Waals surface area contributed by atoms with Crippen LogP contribution in [0.2, 0.25) is 0 Å². The van der Waals surface area contributed by atoms with Crippen LogP contribution in [0.3, 0.4) is 0 Å². The van der Waals surface area contributed by atoms with Crippen LogP contribution in [0.5, 0.6) is 5.75 Å². The van der Waals surface area contributed by atoms with Gasteiger partial charge >= 0.3 is 0 Å². The van der Waals surface area contributed by atoms with E-state index in [2.05, 4.69) is 33.4 Å². The van der Waals surface area contributed by atoms with Crippen LogP contribution < -0.4 is 10.1 Å².